The molecule has 1 aliphatic heterocycles. The summed E-state index contributed by atoms with van der Waals surface area (Å²) in [5, 5.41) is 12.8. The zero-order valence-electron chi connectivity index (χ0n) is 13.2. The van der Waals surface area contributed by atoms with Gasteiger partial charge in [-0.15, -0.1) is 0 Å². The van der Waals surface area contributed by atoms with E-state index in [1.807, 2.05) is 0 Å². The first-order chi connectivity index (χ1) is 10.8. The Labute approximate surface area is 133 Å². The lowest BCUT2D eigenvalue weighted by molar-refractivity contribution is -0.0586. The van der Waals surface area contributed by atoms with Crippen LogP contribution in [-0.4, -0.2) is 36.1 Å². The van der Waals surface area contributed by atoms with Crippen LogP contribution in [0.15, 0.2) is 30.3 Å². The van der Waals surface area contributed by atoms with E-state index in [0.717, 1.165) is 24.8 Å². The fourth-order valence-corrected chi connectivity index (χ4v) is 4.23. The lowest BCUT2D eigenvalue weighted by Gasteiger charge is -2.56. The van der Waals surface area contributed by atoms with Crippen LogP contribution in [0.2, 0.25) is 0 Å². The number of rotatable bonds is 6. The molecule has 2 saturated carbocycles. The minimum Gasteiger partial charge on any atom is -0.313 e. The Kier molecular flexibility index (Phi) is 3.68. The van der Waals surface area contributed by atoms with Crippen LogP contribution in [-0.2, 0) is 0 Å². The smallest absolute Gasteiger partial charge is 0.0641 e. The summed E-state index contributed by atoms with van der Waals surface area (Å²) < 4.78 is 0. The standard InChI is InChI=1S/C19H25N3/c20-10-9-19(7-4-8-19)22-13-15(14-22)12-21-18-11-17(18)16-5-2-1-3-6-16/h1-3,5-6,15,17-18,21H,4,7-9,11-14H2. The van der Waals surface area contributed by atoms with E-state index in [-0.39, 0.29) is 5.54 Å². The molecule has 3 fully saturated rings. The maximum atomic E-state index is 9.03. The molecular formula is C19H25N3. The SMILES string of the molecule is N#CCC1(N2CC(CNC3CC3c3ccccc3)C2)CCC1. The zero-order valence-corrected chi connectivity index (χ0v) is 13.2. The molecule has 3 nitrogen and oxygen atoms in total. The van der Waals surface area contributed by atoms with Crippen LogP contribution in [0.3, 0.4) is 0 Å². The van der Waals surface area contributed by atoms with Crippen molar-refractivity contribution in [3.05, 3.63) is 35.9 Å². The molecule has 1 N–H and O–H groups in total. The van der Waals surface area contributed by atoms with E-state index in [9.17, 15) is 0 Å². The maximum absolute atomic E-state index is 9.03. The van der Waals surface area contributed by atoms with Gasteiger partial charge in [0.05, 0.1) is 12.5 Å². The van der Waals surface area contributed by atoms with Crippen molar-refractivity contribution in [2.45, 2.75) is 49.6 Å². The lowest BCUT2D eigenvalue weighted by Crippen LogP contribution is -2.64. The molecule has 1 heterocycles. The second-order valence-corrected chi connectivity index (χ2v) is 7.45. The highest BCUT2D eigenvalue weighted by molar-refractivity contribution is 5.27. The number of hydrogen-bond acceptors (Lipinski definition) is 3. The predicted octanol–water partition coefficient (Wildman–Crippen LogP) is 2.90. The Morgan fingerprint density at radius 3 is 2.64 bits per heavy atom. The van der Waals surface area contributed by atoms with Crippen LogP contribution in [0.5, 0.6) is 0 Å². The molecule has 1 aromatic carbocycles. The molecule has 1 aromatic rings. The number of hydrogen-bond donors (Lipinski definition) is 1. The molecule has 0 amide bonds. The van der Waals surface area contributed by atoms with Crippen LogP contribution in [0.4, 0.5) is 0 Å². The lowest BCUT2D eigenvalue weighted by atomic mass is 9.71. The number of benzene rings is 1. The fourth-order valence-electron chi connectivity index (χ4n) is 4.23. The Morgan fingerprint density at radius 2 is 2.00 bits per heavy atom. The van der Waals surface area contributed by atoms with Gasteiger partial charge in [0.2, 0.25) is 0 Å². The first kappa shape index (κ1) is 14.2. The molecule has 116 valence electrons. The summed E-state index contributed by atoms with van der Waals surface area (Å²) in [5.74, 6) is 1.52. The molecule has 2 unspecified atom stereocenters. The van der Waals surface area contributed by atoms with E-state index in [2.05, 4.69) is 46.6 Å². The van der Waals surface area contributed by atoms with Gasteiger partial charge < -0.3 is 5.32 Å². The highest BCUT2D eigenvalue weighted by Crippen LogP contribution is 2.44. The quantitative estimate of drug-likeness (QED) is 0.877. The fraction of sp³-hybridized carbons (Fsp3) is 0.632. The first-order valence-electron chi connectivity index (χ1n) is 8.71. The zero-order chi connectivity index (χ0) is 15.0. The van der Waals surface area contributed by atoms with E-state index in [1.165, 1.54) is 44.3 Å². The Hall–Kier alpha value is -1.37. The molecule has 22 heavy (non-hydrogen) atoms. The summed E-state index contributed by atoms with van der Waals surface area (Å²) in [6.07, 6.45) is 5.80. The van der Waals surface area contributed by atoms with E-state index in [1.54, 1.807) is 0 Å². The average molecular weight is 295 g/mol. The third-order valence-electron chi connectivity index (χ3n) is 6.01. The van der Waals surface area contributed by atoms with Crippen molar-refractivity contribution in [3.8, 4) is 6.07 Å². The van der Waals surface area contributed by atoms with Crippen molar-refractivity contribution in [1.82, 2.24) is 10.2 Å². The van der Waals surface area contributed by atoms with Gasteiger partial charge >= 0.3 is 0 Å². The largest absolute Gasteiger partial charge is 0.313 e. The van der Waals surface area contributed by atoms with Gasteiger partial charge in [0, 0.05) is 37.1 Å². The summed E-state index contributed by atoms with van der Waals surface area (Å²) in [6.45, 7) is 3.53. The van der Waals surface area contributed by atoms with E-state index >= 15 is 0 Å². The molecule has 4 rings (SSSR count). The van der Waals surface area contributed by atoms with Crippen molar-refractivity contribution in [3.63, 3.8) is 0 Å². The van der Waals surface area contributed by atoms with Crippen molar-refractivity contribution in [1.29, 1.82) is 5.26 Å². The van der Waals surface area contributed by atoms with Gasteiger partial charge in [0.25, 0.3) is 0 Å². The molecular weight excluding hydrogens is 270 g/mol. The summed E-state index contributed by atoms with van der Waals surface area (Å²) in [4.78, 5) is 2.58. The molecule has 0 aromatic heterocycles. The minimum atomic E-state index is 0.261. The van der Waals surface area contributed by atoms with Gasteiger partial charge in [-0.25, -0.2) is 0 Å². The molecule has 2 aliphatic carbocycles. The first-order valence-corrected chi connectivity index (χ1v) is 8.71. The second-order valence-electron chi connectivity index (χ2n) is 7.45. The molecule has 0 radical (unpaired) electrons. The van der Waals surface area contributed by atoms with Crippen molar-refractivity contribution in [2.75, 3.05) is 19.6 Å². The predicted molar refractivity (Wildman–Crippen MR) is 87.5 cm³/mol. The van der Waals surface area contributed by atoms with Gasteiger partial charge in [0.15, 0.2) is 0 Å². The monoisotopic (exact) mass is 295 g/mol. The van der Waals surface area contributed by atoms with E-state index < -0.39 is 0 Å². The molecule has 0 spiro atoms. The molecule has 1 saturated heterocycles. The van der Waals surface area contributed by atoms with E-state index in [4.69, 9.17) is 5.26 Å². The molecule has 3 aliphatic rings. The van der Waals surface area contributed by atoms with Gasteiger partial charge in [-0.3, -0.25) is 4.90 Å². The summed E-state index contributed by atoms with van der Waals surface area (Å²) in [5.41, 5.74) is 1.75. The highest BCUT2D eigenvalue weighted by Gasteiger charge is 2.47. The minimum absolute atomic E-state index is 0.261. The van der Waals surface area contributed by atoms with Crippen LogP contribution < -0.4 is 5.32 Å². The van der Waals surface area contributed by atoms with Crippen molar-refractivity contribution in [2.24, 2.45) is 5.92 Å². The molecule has 2 atom stereocenters. The van der Waals surface area contributed by atoms with E-state index in [0.29, 0.717) is 6.04 Å². The van der Waals surface area contributed by atoms with Crippen LogP contribution >= 0.6 is 0 Å². The molecule has 3 heteroatoms. The Balaban J connectivity index is 1.19. The van der Waals surface area contributed by atoms with Gasteiger partial charge in [-0.2, -0.15) is 5.26 Å². The number of nitrogens with zero attached hydrogens (tertiary/aromatic N) is 2. The van der Waals surface area contributed by atoms with Gasteiger partial charge in [-0.1, -0.05) is 30.3 Å². The van der Waals surface area contributed by atoms with Crippen LogP contribution in [0, 0.1) is 17.2 Å². The molecule has 0 bridgehead atoms. The van der Waals surface area contributed by atoms with Crippen molar-refractivity contribution >= 4 is 0 Å². The number of likely N-dealkylation sites (tertiary alicyclic amines) is 1. The normalized spacial score (nSPS) is 30.1. The highest BCUT2D eigenvalue weighted by atomic mass is 15.3. The number of nitrogens with one attached hydrogen (secondary N) is 1. The topological polar surface area (TPSA) is 39.1 Å². The number of nitriles is 1. The summed E-state index contributed by atoms with van der Waals surface area (Å²) in [6, 6.07) is 14.0. The van der Waals surface area contributed by atoms with Crippen molar-refractivity contribution < 1.29 is 0 Å². The Bertz CT molecular complexity index is 552. The van der Waals surface area contributed by atoms with Crippen LogP contribution in [0.1, 0.15) is 43.6 Å². The third-order valence-corrected chi connectivity index (χ3v) is 6.01. The van der Waals surface area contributed by atoms with Gasteiger partial charge in [0.1, 0.15) is 0 Å². The van der Waals surface area contributed by atoms with Crippen LogP contribution in [0.25, 0.3) is 0 Å². The Morgan fingerprint density at radius 1 is 1.23 bits per heavy atom. The van der Waals surface area contributed by atoms with Gasteiger partial charge in [-0.05, 0) is 37.2 Å². The second kappa shape index (κ2) is 5.68. The average Bonchev–Trinajstić information content (AvgIpc) is 3.23. The summed E-state index contributed by atoms with van der Waals surface area (Å²) in [7, 11) is 0. The maximum Gasteiger partial charge on any atom is 0.0641 e. The summed E-state index contributed by atoms with van der Waals surface area (Å²) >= 11 is 0. The third kappa shape index (κ3) is 2.55.